The molecule has 2 bridgehead atoms. The van der Waals surface area contributed by atoms with Crippen molar-refractivity contribution >= 4 is 33.2 Å². The molecule has 1 aliphatic carbocycles. The smallest absolute Gasteiger partial charge is 0.264 e. The van der Waals surface area contributed by atoms with Crippen LogP contribution in [0.15, 0.2) is 53.4 Å². The molecule has 0 saturated heterocycles. The van der Waals surface area contributed by atoms with Gasteiger partial charge in [0.2, 0.25) is 5.91 Å². The fraction of sp³-hybridized carbons (Fsp3) is 0.500. The molecule has 1 N–H and O–H groups in total. The van der Waals surface area contributed by atoms with Crippen molar-refractivity contribution in [3.63, 3.8) is 0 Å². The minimum atomic E-state index is -4.10. The zero-order valence-electron chi connectivity index (χ0n) is 23.0. The molecule has 0 unspecified atom stereocenters. The normalized spacial score (nSPS) is 28.0. The molecular formula is C30H37ClN2O6S. The number of carbonyl (C=O) groups excluding carboxylic acids is 1. The van der Waals surface area contributed by atoms with Gasteiger partial charge in [0.15, 0.2) is 0 Å². The molecule has 1 amide bonds. The van der Waals surface area contributed by atoms with Gasteiger partial charge in [0.1, 0.15) is 19.1 Å². The third-order valence-electron chi connectivity index (χ3n) is 8.31. The van der Waals surface area contributed by atoms with E-state index in [1.807, 2.05) is 30.4 Å². The van der Waals surface area contributed by atoms with Crippen molar-refractivity contribution in [2.45, 2.75) is 56.6 Å². The number of nitrogens with one attached hydrogen (secondary N) is 1. The van der Waals surface area contributed by atoms with Crippen LogP contribution in [-0.2, 0) is 37.3 Å². The van der Waals surface area contributed by atoms with Gasteiger partial charge in [0.05, 0.1) is 23.3 Å². The number of anilines is 1. The van der Waals surface area contributed by atoms with E-state index >= 15 is 0 Å². The van der Waals surface area contributed by atoms with Crippen molar-refractivity contribution in [2.24, 2.45) is 17.8 Å². The number of halogens is 1. The van der Waals surface area contributed by atoms with Crippen LogP contribution in [0.25, 0.3) is 0 Å². The van der Waals surface area contributed by atoms with Gasteiger partial charge in [0, 0.05) is 24.6 Å². The van der Waals surface area contributed by atoms with Crippen molar-refractivity contribution in [3.05, 3.63) is 64.7 Å². The summed E-state index contributed by atoms with van der Waals surface area (Å²) in [5.74, 6) is 0.223. The maximum Gasteiger partial charge on any atom is 0.264 e. The summed E-state index contributed by atoms with van der Waals surface area (Å²) in [5, 5.41) is 0.657. The van der Waals surface area contributed by atoms with Gasteiger partial charge < -0.3 is 19.1 Å². The summed E-state index contributed by atoms with van der Waals surface area (Å²) in [6.07, 6.45) is 8.04. The molecule has 1 fully saturated rings. The van der Waals surface area contributed by atoms with E-state index in [2.05, 4.69) is 9.62 Å². The molecule has 2 heterocycles. The van der Waals surface area contributed by atoms with E-state index in [0.29, 0.717) is 60.9 Å². The molecule has 5 rings (SSSR count). The van der Waals surface area contributed by atoms with Crippen LogP contribution < -0.4 is 14.4 Å². The first-order chi connectivity index (χ1) is 19.2. The first-order valence-corrected chi connectivity index (χ1v) is 15.7. The number of hydrogen-bond acceptors (Lipinski definition) is 7. The van der Waals surface area contributed by atoms with Crippen LogP contribution >= 0.6 is 11.6 Å². The number of carbonyl (C=O) groups is 1. The van der Waals surface area contributed by atoms with Crippen LogP contribution in [0.5, 0.6) is 5.75 Å². The van der Waals surface area contributed by atoms with E-state index in [1.165, 1.54) is 6.07 Å². The summed E-state index contributed by atoms with van der Waals surface area (Å²) in [6.45, 7) is 3.43. The van der Waals surface area contributed by atoms with Crippen LogP contribution in [-0.4, -0.2) is 47.4 Å². The van der Waals surface area contributed by atoms with Gasteiger partial charge in [-0.05, 0) is 85.4 Å². The van der Waals surface area contributed by atoms with E-state index < -0.39 is 21.8 Å². The van der Waals surface area contributed by atoms with Crippen molar-refractivity contribution in [3.8, 4) is 5.75 Å². The lowest BCUT2D eigenvalue weighted by molar-refractivity contribution is -0.122. The lowest BCUT2D eigenvalue weighted by atomic mass is 9.69. The van der Waals surface area contributed by atoms with Crippen LogP contribution in [0.2, 0.25) is 5.02 Å². The number of hydrogen-bond donors (Lipinski definition) is 1. The number of sulfonamides is 1. The largest absolute Gasteiger partial charge is 0.487 e. The molecule has 2 aliphatic heterocycles. The molecule has 40 heavy (non-hydrogen) atoms. The van der Waals surface area contributed by atoms with Gasteiger partial charge in [-0.1, -0.05) is 36.7 Å². The van der Waals surface area contributed by atoms with E-state index in [4.69, 9.17) is 25.8 Å². The Morgan fingerprint density at radius 2 is 1.90 bits per heavy atom. The fourth-order valence-corrected chi connectivity index (χ4v) is 7.00. The summed E-state index contributed by atoms with van der Waals surface area (Å²) >= 11 is 6.26. The Labute approximate surface area is 241 Å². The van der Waals surface area contributed by atoms with Crippen LogP contribution in [0, 0.1) is 17.8 Å². The number of fused-ring (bicyclic) bond motifs is 3. The number of nitrogens with zero attached hydrogens (tertiary/aromatic N) is 1. The monoisotopic (exact) mass is 588 g/mol. The SMILES string of the molecule is CO[C@H]1C/C=C\C[C@@H](C)C(=O)NS(=O)(=O)c2ccc3c(c2)N(COCCc2cc(Cl)ccc2CO3)C[C@@H]2CC[C@H]21. The zero-order chi connectivity index (χ0) is 28.3. The average Bonchev–Trinajstić information content (AvgIpc) is 2.94. The molecule has 2 aromatic carbocycles. The molecule has 4 atom stereocenters. The number of benzene rings is 2. The molecule has 216 valence electrons. The Bertz CT molecular complexity index is 1360. The second-order valence-corrected chi connectivity index (χ2v) is 13.0. The van der Waals surface area contributed by atoms with Gasteiger partial charge in [-0.15, -0.1) is 0 Å². The standard InChI is InChI=1S/C30H37ClN2O6S/c1-20-5-3-4-6-28(37-2)26-11-8-22(26)17-33-19-38-14-13-21-15-24(31)9-7-23(21)18-39-29-12-10-25(16-27(29)33)40(35,36)32-30(20)34/h3-4,7,9-10,12,15-16,20,22,26,28H,5-6,8,11,13-14,17-19H2,1-2H3,(H,32,34)/b4-3-/t20-,22+,26-,28+/m1/s1. The fourth-order valence-electron chi connectivity index (χ4n) is 5.70. The Morgan fingerprint density at radius 3 is 2.67 bits per heavy atom. The second-order valence-electron chi connectivity index (χ2n) is 10.9. The first kappa shape index (κ1) is 28.9. The van der Waals surface area contributed by atoms with Crippen molar-refractivity contribution < 1.29 is 27.4 Å². The number of rotatable bonds is 1. The Hall–Kier alpha value is -2.59. The molecule has 0 radical (unpaired) electrons. The van der Waals surface area contributed by atoms with Crippen LogP contribution in [0.4, 0.5) is 5.69 Å². The summed E-state index contributed by atoms with van der Waals surface area (Å²) < 4.78 is 47.3. The third kappa shape index (κ3) is 6.48. The lowest BCUT2D eigenvalue weighted by Gasteiger charge is -2.44. The number of ether oxygens (including phenoxy) is 3. The maximum absolute atomic E-state index is 13.3. The zero-order valence-corrected chi connectivity index (χ0v) is 24.5. The molecular weight excluding hydrogens is 552 g/mol. The topological polar surface area (TPSA) is 94.2 Å². The Balaban J connectivity index is 1.55. The Kier molecular flexibility index (Phi) is 9.05. The van der Waals surface area contributed by atoms with E-state index in [9.17, 15) is 13.2 Å². The summed E-state index contributed by atoms with van der Waals surface area (Å²) in [5.41, 5.74) is 2.67. The van der Waals surface area contributed by atoms with Crippen molar-refractivity contribution in [2.75, 3.05) is 31.9 Å². The van der Waals surface area contributed by atoms with E-state index in [1.54, 1.807) is 26.2 Å². The quantitative estimate of drug-likeness (QED) is 0.464. The minimum absolute atomic E-state index is 0.00465. The van der Waals surface area contributed by atoms with Crippen LogP contribution in [0.3, 0.4) is 0 Å². The van der Waals surface area contributed by atoms with Gasteiger partial charge in [-0.2, -0.15) is 0 Å². The molecule has 1 saturated carbocycles. The van der Waals surface area contributed by atoms with E-state index in [0.717, 1.165) is 30.4 Å². The number of amides is 1. The lowest BCUT2D eigenvalue weighted by Crippen LogP contribution is -2.44. The van der Waals surface area contributed by atoms with Crippen molar-refractivity contribution in [1.82, 2.24) is 4.72 Å². The number of methoxy groups -OCH3 is 1. The van der Waals surface area contributed by atoms with Gasteiger partial charge in [-0.3, -0.25) is 4.79 Å². The predicted octanol–water partition coefficient (Wildman–Crippen LogP) is 5.09. The van der Waals surface area contributed by atoms with E-state index in [-0.39, 0.29) is 17.7 Å². The second kappa shape index (κ2) is 12.5. The predicted molar refractivity (Wildman–Crippen MR) is 154 cm³/mol. The maximum atomic E-state index is 13.3. The minimum Gasteiger partial charge on any atom is -0.487 e. The highest BCUT2D eigenvalue weighted by Gasteiger charge is 2.38. The third-order valence-corrected chi connectivity index (χ3v) is 9.89. The van der Waals surface area contributed by atoms with Gasteiger partial charge in [0.25, 0.3) is 10.0 Å². The molecule has 3 aliphatic rings. The summed E-state index contributed by atoms with van der Waals surface area (Å²) in [4.78, 5) is 14.9. The molecule has 10 heteroatoms. The van der Waals surface area contributed by atoms with Gasteiger partial charge in [-0.25, -0.2) is 13.1 Å². The summed E-state index contributed by atoms with van der Waals surface area (Å²) in [6, 6.07) is 10.5. The van der Waals surface area contributed by atoms with Crippen LogP contribution in [0.1, 0.15) is 43.7 Å². The molecule has 2 aromatic rings. The highest BCUT2D eigenvalue weighted by Crippen LogP contribution is 2.42. The molecule has 0 spiro atoms. The highest BCUT2D eigenvalue weighted by atomic mass is 35.5. The summed E-state index contributed by atoms with van der Waals surface area (Å²) in [7, 11) is -2.34. The Morgan fingerprint density at radius 1 is 1.07 bits per heavy atom. The van der Waals surface area contributed by atoms with Crippen molar-refractivity contribution in [1.29, 1.82) is 0 Å². The molecule has 8 nitrogen and oxygen atoms in total. The highest BCUT2D eigenvalue weighted by molar-refractivity contribution is 7.90. The number of allylic oxidation sites excluding steroid dienone is 1. The first-order valence-electron chi connectivity index (χ1n) is 13.9. The molecule has 0 aromatic heterocycles. The average molecular weight is 589 g/mol. The van der Waals surface area contributed by atoms with Gasteiger partial charge >= 0.3 is 0 Å².